The molecule has 0 aliphatic carbocycles. The largest absolute Gasteiger partial charge is 0.228 e. The van der Waals surface area contributed by atoms with Crippen LogP contribution < -0.4 is 0 Å². The molecule has 0 unspecified atom stereocenters. The average Bonchev–Trinajstić information content (AvgIpc) is 2.09. The molecule has 0 saturated carbocycles. The van der Waals surface area contributed by atoms with E-state index in [-0.39, 0.29) is 5.75 Å². The molecule has 0 saturated heterocycles. The lowest BCUT2D eigenvalue weighted by Gasteiger charge is -2.19. The molecule has 0 radical (unpaired) electrons. The fraction of sp³-hybridized carbons (Fsp3) is 0.818. The molecule has 2 nitrogen and oxygen atoms in total. The van der Waals surface area contributed by atoms with Crippen LogP contribution in [0.15, 0.2) is 11.6 Å². The maximum atomic E-state index is 11.8. The minimum atomic E-state index is -2.97. The zero-order valence-corrected chi connectivity index (χ0v) is 12.4. The van der Waals surface area contributed by atoms with Crippen molar-refractivity contribution in [2.75, 3.05) is 11.1 Å². The molecule has 0 rings (SSSR count). The summed E-state index contributed by atoms with van der Waals surface area (Å²) in [6, 6.07) is 0. The van der Waals surface area contributed by atoms with Gasteiger partial charge in [0.1, 0.15) is 0 Å². The Bertz CT molecular complexity index is 310. The topological polar surface area (TPSA) is 34.1 Å². The Hall–Kier alpha value is 0.170. The van der Waals surface area contributed by atoms with E-state index in [9.17, 15) is 8.42 Å². The van der Waals surface area contributed by atoms with Crippen molar-refractivity contribution in [2.45, 2.75) is 45.3 Å². The quantitative estimate of drug-likeness (QED) is 0.576. The highest BCUT2D eigenvalue weighted by Gasteiger charge is 2.28. The highest BCUT2D eigenvalue weighted by Crippen LogP contribution is 2.18. The minimum absolute atomic E-state index is 0.251. The van der Waals surface area contributed by atoms with E-state index in [1.807, 2.05) is 6.92 Å². The lowest BCUT2D eigenvalue weighted by Crippen LogP contribution is -2.30. The first kappa shape index (κ1) is 15.2. The summed E-state index contributed by atoms with van der Waals surface area (Å²) in [6.45, 7) is 7.24. The van der Waals surface area contributed by atoms with Gasteiger partial charge in [0.2, 0.25) is 0 Å². The molecule has 0 aliphatic rings. The Morgan fingerprint density at radius 1 is 1.33 bits per heavy atom. The van der Waals surface area contributed by atoms with E-state index in [0.29, 0.717) is 6.42 Å². The molecule has 0 aromatic rings. The molecule has 0 heterocycles. The van der Waals surface area contributed by atoms with Gasteiger partial charge < -0.3 is 0 Å². The summed E-state index contributed by atoms with van der Waals surface area (Å²) in [7, 11) is -2.97. The van der Waals surface area contributed by atoms with Crippen molar-refractivity contribution in [1.29, 1.82) is 0 Å². The van der Waals surface area contributed by atoms with Crippen molar-refractivity contribution in [1.82, 2.24) is 0 Å². The molecular formula is C11H21BrO2S. The van der Waals surface area contributed by atoms with Gasteiger partial charge in [-0.3, -0.25) is 0 Å². The summed E-state index contributed by atoms with van der Waals surface area (Å²) < 4.78 is 23.0. The van der Waals surface area contributed by atoms with Gasteiger partial charge >= 0.3 is 0 Å². The SMILES string of the molecule is CC(=CCCBr)CCS(=O)(=O)C(C)(C)C. The van der Waals surface area contributed by atoms with Crippen LogP contribution in [0.4, 0.5) is 0 Å². The summed E-state index contributed by atoms with van der Waals surface area (Å²) in [4.78, 5) is 0. The van der Waals surface area contributed by atoms with E-state index in [1.54, 1.807) is 20.8 Å². The highest BCUT2D eigenvalue weighted by atomic mass is 79.9. The molecule has 0 amide bonds. The van der Waals surface area contributed by atoms with Gasteiger partial charge in [0, 0.05) is 5.33 Å². The molecule has 0 aromatic heterocycles. The van der Waals surface area contributed by atoms with Crippen LogP contribution in [-0.4, -0.2) is 24.2 Å². The van der Waals surface area contributed by atoms with Crippen LogP contribution in [0.3, 0.4) is 0 Å². The Morgan fingerprint density at radius 2 is 1.87 bits per heavy atom. The monoisotopic (exact) mass is 296 g/mol. The van der Waals surface area contributed by atoms with Gasteiger partial charge in [0.25, 0.3) is 0 Å². The van der Waals surface area contributed by atoms with Crippen molar-refractivity contribution >= 4 is 25.8 Å². The summed E-state index contributed by atoms with van der Waals surface area (Å²) in [5, 5.41) is 0.927. The molecule has 90 valence electrons. The molecule has 0 aromatic carbocycles. The van der Waals surface area contributed by atoms with Crippen LogP contribution in [-0.2, 0) is 9.84 Å². The highest BCUT2D eigenvalue weighted by molar-refractivity contribution is 9.09. The Morgan fingerprint density at radius 3 is 2.27 bits per heavy atom. The lowest BCUT2D eigenvalue weighted by molar-refractivity contribution is 0.559. The predicted octanol–water partition coefficient (Wildman–Crippen LogP) is 3.32. The maximum Gasteiger partial charge on any atom is 0.155 e. The second kappa shape index (κ2) is 6.04. The van der Waals surface area contributed by atoms with Gasteiger partial charge in [-0.25, -0.2) is 8.42 Å². The third-order valence-electron chi connectivity index (χ3n) is 2.30. The summed E-state index contributed by atoms with van der Waals surface area (Å²) in [6.07, 6.45) is 3.70. The molecule has 0 spiro atoms. The second-order valence-corrected chi connectivity index (χ2v) is 8.36. The molecule has 0 aliphatic heterocycles. The van der Waals surface area contributed by atoms with E-state index in [4.69, 9.17) is 0 Å². The molecule has 0 bridgehead atoms. The molecule has 0 atom stereocenters. The van der Waals surface area contributed by atoms with Gasteiger partial charge in [-0.2, -0.15) is 0 Å². The van der Waals surface area contributed by atoms with Crippen molar-refractivity contribution in [3.05, 3.63) is 11.6 Å². The van der Waals surface area contributed by atoms with Crippen LogP contribution in [0.25, 0.3) is 0 Å². The number of sulfone groups is 1. The zero-order chi connectivity index (χ0) is 12.1. The summed E-state index contributed by atoms with van der Waals surface area (Å²) >= 11 is 3.34. The first-order valence-electron chi connectivity index (χ1n) is 5.14. The first-order valence-corrected chi connectivity index (χ1v) is 7.92. The van der Waals surface area contributed by atoms with Crippen molar-refractivity contribution in [3.8, 4) is 0 Å². The molecule has 0 N–H and O–H groups in total. The van der Waals surface area contributed by atoms with Gasteiger partial charge in [0.15, 0.2) is 9.84 Å². The maximum absolute atomic E-state index is 11.8. The number of allylic oxidation sites excluding steroid dienone is 2. The van der Waals surface area contributed by atoms with Gasteiger partial charge in [-0.15, -0.1) is 0 Å². The molecular weight excluding hydrogens is 276 g/mol. The van der Waals surface area contributed by atoms with E-state index < -0.39 is 14.6 Å². The Kier molecular flexibility index (Phi) is 6.11. The standard InChI is InChI=1S/C11H21BrO2S/c1-10(6-5-8-12)7-9-15(13,14)11(2,3)4/h6H,5,7-9H2,1-4H3. The number of alkyl halides is 1. The third-order valence-corrected chi connectivity index (χ3v) is 5.37. The van der Waals surface area contributed by atoms with Crippen molar-refractivity contribution in [3.63, 3.8) is 0 Å². The Labute approximate surface area is 102 Å². The number of rotatable bonds is 5. The van der Waals surface area contributed by atoms with E-state index in [2.05, 4.69) is 22.0 Å². The first-order chi connectivity index (χ1) is 6.70. The normalized spacial score (nSPS) is 14.3. The summed E-state index contributed by atoms with van der Waals surface area (Å²) in [5.41, 5.74) is 1.15. The van der Waals surface area contributed by atoms with E-state index in [0.717, 1.165) is 17.3 Å². The van der Waals surface area contributed by atoms with Crippen molar-refractivity contribution in [2.24, 2.45) is 0 Å². The van der Waals surface area contributed by atoms with Gasteiger partial charge in [-0.1, -0.05) is 27.6 Å². The molecule has 0 fully saturated rings. The average molecular weight is 297 g/mol. The van der Waals surface area contributed by atoms with Crippen LogP contribution >= 0.6 is 15.9 Å². The van der Waals surface area contributed by atoms with Gasteiger partial charge in [0.05, 0.1) is 10.5 Å². The van der Waals surface area contributed by atoms with Crippen LogP contribution in [0.5, 0.6) is 0 Å². The van der Waals surface area contributed by atoms with Crippen LogP contribution in [0, 0.1) is 0 Å². The number of halogens is 1. The second-order valence-electron chi connectivity index (χ2n) is 4.71. The zero-order valence-electron chi connectivity index (χ0n) is 10.0. The van der Waals surface area contributed by atoms with Crippen LogP contribution in [0.2, 0.25) is 0 Å². The predicted molar refractivity (Wildman–Crippen MR) is 70.3 cm³/mol. The Balaban J connectivity index is 4.29. The molecule has 4 heteroatoms. The number of hydrogen-bond donors (Lipinski definition) is 0. The summed E-state index contributed by atoms with van der Waals surface area (Å²) in [5.74, 6) is 0.251. The molecule has 15 heavy (non-hydrogen) atoms. The van der Waals surface area contributed by atoms with E-state index in [1.165, 1.54) is 0 Å². The lowest BCUT2D eigenvalue weighted by atomic mass is 10.2. The fourth-order valence-corrected chi connectivity index (χ4v) is 2.44. The van der Waals surface area contributed by atoms with Crippen molar-refractivity contribution < 1.29 is 8.42 Å². The van der Waals surface area contributed by atoms with Gasteiger partial charge in [-0.05, 0) is 40.5 Å². The smallest absolute Gasteiger partial charge is 0.155 e. The number of hydrogen-bond acceptors (Lipinski definition) is 2. The van der Waals surface area contributed by atoms with Crippen LogP contribution in [0.1, 0.15) is 40.5 Å². The fourth-order valence-electron chi connectivity index (χ4n) is 1.00. The minimum Gasteiger partial charge on any atom is -0.228 e. The van der Waals surface area contributed by atoms with E-state index >= 15 is 0 Å². The third kappa shape index (κ3) is 5.71.